The molecular weight excluding hydrogens is 232 g/mol. The highest BCUT2D eigenvalue weighted by atomic mass is 16.5. The van der Waals surface area contributed by atoms with Crippen molar-refractivity contribution in [3.63, 3.8) is 0 Å². The normalized spacial score (nSPS) is 10.2. The average Bonchev–Trinajstić information content (AvgIpc) is 2.37. The largest absolute Gasteiger partial charge is 0.465 e. The van der Waals surface area contributed by atoms with Crippen molar-refractivity contribution in [2.24, 2.45) is 0 Å². The number of nitrogens with one attached hydrogen (secondary N) is 1. The van der Waals surface area contributed by atoms with E-state index in [9.17, 15) is 9.59 Å². The minimum Gasteiger partial charge on any atom is -0.465 e. The Morgan fingerprint density at radius 3 is 2.56 bits per heavy atom. The molecule has 0 heterocycles. The second kappa shape index (κ2) is 6.76. The van der Waals surface area contributed by atoms with Gasteiger partial charge >= 0.3 is 5.97 Å². The third kappa shape index (κ3) is 4.18. The molecule has 1 aromatic carbocycles. The standard InChI is InChI=1S/C13H18N2O3/c1-15(2)8-7-14-12(16)10-5-4-6-11(9-10)13(17)18-3/h4-6,9H,7-8H2,1-3H3,(H,14,16). The van der Waals surface area contributed by atoms with E-state index in [0.29, 0.717) is 17.7 Å². The van der Waals surface area contributed by atoms with Crippen LogP contribution < -0.4 is 5.32 Å². The molecule has 1 N–H and O–H groups in total. The molecule has 0 aliphatic carbocycles. The van der Waals surface area contributed by atoms with Gasteiger partial charge < -0.3 is 15.0 Å². The van der Waals surface area contributed by atoms with Crippen molar-refractivity contribution in [3.05, 3.63) is 35.4 Å². The lowest BCUT2D eigenvalue weighted by molar-refractivity contribution is 0.0600. The fourth-order valence-corrected chi connectivity index (χ4v) is 1.40. The molecule has 98 valence electrons. The molecule has 0 atom stereocenters. The minimum absolute atomic E-state index is 0.192. The van der Waals surface area contributed by atoms with Crippen molar-refractivity contribution in [3.8, 4) is 0 Å². The van der Waals surface area contributed by atoms with Gasteiger partial charge in [-0.3, -0.25) is 4.79 Å². The van der Waals surface area contributed by atoms with E-state index in [1.54, 1.807) is 18.2 Å². The Kier molecular flexibility index (Phi) is 5.32. The van der Waals surface area contributed by atoms with Crippen molar-refractivity contribution in [2.45, 2.75) is 0 Å². The molecule has 1 aromatic rings. The van der Waals surface area contributed by atoms with Crippen molar-refractivity contribution in [2.75, 3.05) is 34.3 Å². The smallest absolute Gasteiger partial charge is 0.337 e. The summed E-state index contributed by atoms with van der Waals surface area (Å²) in [5.74, 6) is -0.638. The van der Waals surface area contributed by atoms with Crippen LogP contribution in [0.1, 0.15) is 20.7 Å². The van der Waals surface area contributed by atoms with Crippen LogP contribution in [0.3, 0.4) is 0 Å². The quantitative estimate of drug-likeness (QED) is 0.784. The Labute approximate surface area is 107 Å². The topological polar surface area (TPSA) is 58.6 Å². The van der Waals surface area contributed by atoms with E-state index in [1.807, 2.05) is 19.0 Å². The fourth-order valence-electron chi connectivity index (χ4n) is 1.40. The maximum absolute atomic E-state index is 11.8. The van der Waals surface area contributed by atoms with Crippen LogP contribution in [0.4, 0.5) is 0 Å². The fraction of sp³-hybridized carbons (Fsp3) is 0.385. The van der Waals surface area contributed by atoms with Gasteiger partial charge in [-0.25, -0.2) is 4.79 Å². The van der Waals surface area contributed by atoms with Crippen LogP contribution in [0, 0.1) is 0 Å². The molecule has 0 fully saturated rings. The van der Waals surface area contributed by atoms with Gasteiger partial charge in [0.05, 0.1) is 12.7 Å². The van der Waals surface area contributed by atoms with Gasteiger partial charge in [0, 0.05) is 18.7 Å². The zero-order chi connectivity index (χ0) is 13.5. The zero-order valence-electron chi connectivity index (χ0n) is 10.9. The molecule has 0 spiro atoms. The molecule has 0 bridgehead atoms. The number of likely N-dealkylation sites (N-methyl/N-ethyl adjacent to an activating group) is 1. The highest BCUT2D eigenvalue weighted by Gasteiger charge is 2.10. The number of benzene rings is 1. The highest BCUT2D eigenvalue weighted by molar-refractivity contribution is 5.97. The number of nitrogens with zero attached hydrogens (tertiary/aromatic N) is 1. The van der Waals surface area contributed by atoms with E-state index >= 15 is 0 Å². The number of carbonyl (C=O) groups is 2. The number of amides is 1. The van der Waals surface area contributed by atoms with Crippen LogP contribution in [0.5, 0.6) is 0 Å². The first-order chi connectivity index (χ1) is 8.54. The van der Waals surface area contributed by atoms with Crippen LogP contribution in [-0.2, 0) is 4.74 Å². The summed E-state index contributed by atoms with van der Waals surface area (Å²) in [6.45, 7) is 1.33. The van der Waals surface area contributed by atoms with Crippen LogP contribution in [0.15, 0.2) is 24.3 Å². The first-order valence-corrected chi connectivity index (χ1v) is 5.66. The van der Waals surface area contributed by atoms with Gasteiger partial charge in [0.25, 0.3) is 5.91 Å². The summed E-state index contributed by atoms with van der Waals surface area (Å²) in [4.78, 5) is 25.1. The molecule has 18 heavy (non-hydrogen) atoms. The summed E-state index contributed by atoms with van der Waals surface area (Å²) >= 11 is 0. The van der Waals surface area contributed by atoms with Gasteiger partial charge in [-0.2, -0.15) is 0 Å². The monoisotopic (exact) mass is 250 g/mol. The lowest BCUT2D eigenvalue weighted by atomic mass is 10.1. The molecule has 0 aromatic heterocycles. The predicted octanol–water partition coefficient (Wildman–Crippen LogP) is 0.765. The van der Waals surface area contributed by atoms with E-state index in [-0.39, 0.29) is 5.91 Å². The number of ether oxygens (including phenoxy) is 1. The van der Waals surface area contributed by atoms with E-state index in [1.165, 1.54) is 13.2 Å². The van der Waals surface area contributed by atoms with E-state index in [2.05, 4.69) is 10.1 Å². The van der Waals surface area contributed by atoms with E-state index < -0.39 is 5.97 Å². The summed E-state index contributed by atoms with van der Waals surface area (Å²) in [6.07, 6.45) is 0. The summed E-state index contributed by atoms with van der Waals surface area (Å²) in [5.41, 5.74) is 0.828. The second-order valence-electron chi connectivity index (χ2n) is 4.13. The number of rotatable bonds is 5. The Morgan fingerprint density at radius 2 is 1.94 bits per heavy atom. The molecule has 1 rings (SSSR count). The third-order valence-corrected chi connectivity index (χ3v) is 2.39. The molecule has 0 radical (unpaired) electrons. The van der Waals surface area contributed by atoms with Crippen LogP contribution >= 0.6 is 0 Å². The molecule has 1 amide bonds. The van der Waals surface area contributed by atoms with Crippen molar-refractivity contribution >= 4 is 11.9 Å². The number of methoxy groups -OCH3 is 1. The van der Waals surface area contributed by atoms with Gasteiger partial charge in [-0.05, 0) is 32.3 Å². The summed E-state index contributed by atoms with van der Waals surface area (Å²) in [7, 11) is 5.18. The van der Waals surface area contributed by atoms with E-state index in [0.717, 1.165) is 6.54 Å². The number of hydrogen-bond donors (Lipinski definition) is 1. The molecule has 0 aliphatic heterocycles. The lowest BCUT2D eigenvalue weighted by Crippen LogP contribution is -2.31. The van der Waals surface area contributed by atoms with Gasteiger partial charge in [-0.15, -0.1) is 0 Å². The van der Waals surface area contributed by atoms with E-state index in [4.69, 9.17) is 0 Å². The molecule has 5 nitrogen and oxygen atoms in total. The predicted molar refractivity (Wildman–Crippen MR) is 68.7 cm³/mol. The molecule has 0 saturated carbocycles. The van der Waals surface area contributed by atoms with Crippen LogP contribution in [0.2, 0.25) is 0 Å². The molecule has 5 heteroatoms. The first-order valence-electron chi connectivity index (χ1n) is 5.66. The highest BCUT2D eigenvalue weighted by Crippen LogP contribution is 2.06. The SMILES string of the molecule is COC(=O)c1cccc(C(=O)NCCN(C)C)c1. The lowest BCUT2D eigenvalue weighted by Gasteiger charge is -2.10. The summed E-state index contributed by atoms with van der Waals surface area (Å²) < 4.78 is 4.61. The van der Waals surface area contributed by atoms with Gasteiger partial charge in [0.15, 0.2) is 0 Å². The van der Waals surface area contributed by atoms with Crippen molar-refractivity contribution < 1.29 is 14.3 Å². The summed E-state index contributed by atoms with van der Waals surface area (Å²) in [6, 6.07) is 6.46. The zero-order valence-corrected chi connectivity index (χ0v) is 10.9. The van der Waals surface area contributed by atoms with Crippen LogP contribution in [0.25, 0.3) is 0 Å². The molecule has 0 saturated heterocycles. The minimum atomic E-state index is -0.446. The number of hydrogen-bond acceptors (Lipinski definition) is 4. The molecular formula is C13H18N2O3. The third-order valence-electron chi connectivity index (χ3n) is 2.39. The Bertz CT molecular complexity index is 430. The second-order valence-corrected chi connectivity index (χ2v) is 4.13. The van der Waals surface area contributed by atoms with Crippen LogP contribution in [-0.4, -0.2) is 51.1 Å². The average molecular weight is 250 g/mol. The Hall–Kier alpha value is -1.88. The summed E-state index contributed by atoms with van der Waals surface area (Å²) in [5, 5.41) is 2.78. The maximum Gasteiger partial charge on any atom is 0.337 e. The Morgan fingerprint density at radius 1 is 1.28 bits per heavy atom. The number of carbonyl (C=O) groups excluding carboxylic acids is 2. The van der Waals surface area contributed by atoms with Gasteiger partial charge in [-0.1, -0.05) is 6.07 Å². The van der Waals surface area contributed by atoms with Crippen molar-refractivity contribution in [1.82, 2.24) is 10.2 Å². The van der Waals surface area contributed by atoms with Gasteiger partial charge in [0.1, 0.15) is 0 Å². The number of esters is 1. The first kappa shape index (κ1) is 14.2. The molecule has 0 unspecified atom stereocenters. The van der Waals surface area contributed by atoms with Crippen molar-refractivity contribution in [1.29, 1.82) is 0 Å². The van der Waals surface area contributed by atoms with Gasteiger partial charge in [0.2, 0.25) is 0 Å². The molecule has 0 aliphatic rings. The maximum atomic E-state index is 11.8. The Balaban J connectivity index is 2.65.